The van der Waals surface area contributed by atoms with Crippen LogP contribution in [0, 0.1) is 0 Å². The van der Waals surface area contributed by atoms with Crippen molar-refractivity contribution < 1.29 is 12.3 Å². The average Bonchev–Trinajstić information content (AvgIpc) is 1.89. The van der Waals surface area contributed by atoms with Gasteiger partial charge in [-0.1, -0.05) is 13.3 Å². The van der Waals surface area contributed by atoms with Crippen molar-refractivity contribution >= 4 is 28.6 Å². The highest BCUT2D eigenvalue weighted by molar-refractivity contribution is 6.75. The molecule has 0 N–H and O–H groups in total. The van der Waals surface area contributed by atoms with Crippen LogP contribution in [0.4, 0.5) is 0 Å². The molecular weight excluding hydrogens is 180 g/mol. The first kappa shape index (κ1) is 8.63. The largest absolute Gasteiger partial charge is 0.425 e. The minimum absolute atomic E-state index is 0.618. The molecule has 0 spiro atoms. The fraction of sp³-hybridized carbons (Fsp3) is 1.00. The van der Waals surface area contributed by atoms with Crippen LogP contribution in [0.1, 0.15) is 13.3 Å². The van der Waals surface area contributed by atoms with Crippen LogP contribution in [0.15, 0.2) is 0 Å². The van der Waals surface area contributed by atoms with Crippen molar-refractivity contribution in [2.24, 2.45) is 0 Å². The van der Waals surface area contributed by atoms with Gasteiger partial charge in [0.1, 0.15) is 0 Å². The van der Waals surface area contributed by atoms with Crippen LogP contribution in [-0.4, -0.2) is 28.6 Å². The fourth-order valence-corrected chi connectivity index (χ4v) is 8.59. The van der Waals surface area contributed by atoms with Crippen LogP contribution in [0.25, 0.3) is 0 Å². The predicted octanol–water partition coefficient (Wildman–Crippen LogP) is -0.471. The van der Waals surface area contributed by atoms with Crippen LogP contribution in [0.5, 0.6) is 0 Å². The van der Waals surface area contributed by atoms with Crippen molar-refractivity contribution in [2.45, 2.75) is 25.9 Å². The summed E-state index contributed by atoms with van der Waals surface area (Å²) in [5, 5.41) is 0. The van der Waals surface area contributed by atoms with Gasteiger partial charge in [0.15, 0.2) is 0 Å². The lowest BCUT2D eigenvalue weighted by Crippen LogP contribution is -2.46. The van der Waals surface area contributed by atoms with Gasteiger partial charge in [-0.15, -0.1) is 0 Å². The average molecular weight is 194 g/mol. The highest BCUT2D eigenvalue weighted by Gasteiger charge is 2.32. The molecular formula is C4H14O3Si3. The van der Waals surface area contributed by atoms with E-state index in [1.807, 2.05) is 0 Å². The Hall–Kier alpha value is 0.531. The molecule has 0 aromatic carbocycles. The van der Waals surface area contributed by atoms with E-state index in [1.54, 1.807) is 0 Å². The van der Waals surface area contributed by atoms with Crippen molar-refractivity contribution in [1.29, 1.82) is 0 Å². The molecule has 1 aliphatic heterocycles. The van der Waals surface area contributed by atoms with Crippen molar-refractivity contribution in [3.05, 3.63) is 0 Å². The molecule has 0 unspecified atom stereocenters. The summed E-state index contributed by atoms with van der Waals surface area (Å²) in [5.41, 5.74) is 0. The lowest BCUT2D eigenvalue weighted by molar-refractivity contribution is 0.299. The van der Waals surface area contributed by atoms with Gasteiger partial charge in [0.25, 0.3) is 20.0 Å². The molecule has 0 aromatic heterocycles. The third-order valence-corrected chi connectivity index (χ3v) is 10.2. The SMILES string of the molecule is CCC[Si]1(C)O[SiH2]O[SiH2]O1. The molecule has 1 rings (SSSR count). The van der Waals surface area contributed by atoms with E-state index >= 15 is 0 Å². The summed E-state index contributed by atoms with van der Waals surface area (Å²) < 4.78 is 16.3. The Morgan fingerprint density at radius 2 is 1.90 bits per heavy atom. The van der Waals surface area contributed by atoms with Gasteiger partial charge in [-0.2, -0.15) is 0 Å². The van der Waals surface area contributed by atoms with Gasteiger partial charge < -0.3 is 12.3 Å². The Morgan fingerprint density at radius 1 is 1.30 bits per heavy atom. The Kier molecular flexibility index (Phi) is 3.27. The number of rotatable bonds is 2. The Labute approximate surface area is 67.4 Å². The number of hydrogen-bond acceptors (Lipinski definition) is 3. The second-order valence-electron chi connectivity index (χ2n) is 2.61. The lowest BCUT2D eigenvalue weighted by Gasteiger charge is -2.31. The van der Waals surface area contributed by atoms with E-state index < -0.39 is 28.6 Å². The van der Waals surface area contributed by atoms with E-state index in [1.165, 1.54) is 6.42 Å². The van der Waals surface area contributed by atoms with Gasteiger partial charge in [-0.3, -0.25) is 0 Å². The molecule has 0 aromatic rings. The smallest absolute Gasteiger partial charge is 0.316 e. The molecule has 3 nitrogen and oxygen atoms in total. The highest BCUT2D eigenvalue weighted by Crippen LogP contribution is 2.16. The first-order valence-corrected chi connectivity index (χ1v) is 8.46. The third kappa shape index (κ3) is 2.29. The van der Waals surface area contributed by atoms with E-state index in [9.17, 15) is 0 Å². The molecule has 1 heterocycles. The summed E-state index contributed by atoms with van der Waals surface area (Å²) in [4.78, 5) is 0. The van der Waals surface area contributed by atoms with Gasteiger partial charge in [-0.25, -0.2) is 0 Å². The molecule has 6 heteroatoms. The van der Waals surface area contributed by atoms with Crippen LogP contribution in [0.3, 0.4) is 0 Å². The lowest BCUT2D eigenvalue weighted by atomic mass is 10.6. The minimum Gasteiger partial charge on any atom is -0.425 e. The maximum Gasteiger partial charge on any atom is 0.316 e. The normalized spacial score (nSPS) is 39.0. The molecule has 1 fully saturated rings. The van der Waals surface area contributed by atoms with E-state index in [0.717, 1.165) is 6.04 Å². The summed E-state index contributed by atoms with van der Waals surface area (Å²) in [7, 11) is -2.87. The summed E-state index contributed by atoms with van der Waals surface area (Å²) in [6, 6.07) is 1.14. The molecule has 0 atom stereocenters. The molecule has 60 valence electrons. The molecule has 0 saturated carbocycles. The molecule has 10 heavy (non-hydrogen) atoms. The number of hydrogen-bond donors (Lipinski definition) is 0. The van der Waals surface area contributed by atoms with Gasteiger partial charge >= 0.3 is 8.56 Å². The quantitative estimate of drug-likeness (QED) is 0.556. The zero-order valence-electron chi connectivity index (χ0n) is 6.55. The van der Waals surface area contributed by atoms with Crippen LogP contribution >= 0.6 is 0 Å². The topological polar surface area (TPSA) is 27.7 Å². The molecule has 0 radical (unpaired) electrons. The summed E-state index contributed by atoms with van der Waals surface area (Å²) in [6.07, 6.45) is 1.17. The standard InChI is InChI=1S/C4H14O3Si3/c1-3-4-10(2)6-8-5-9-7-10/h3-4,8-9H2,1-2H3. The fourth-order valence-electron chi connectivity index (χ4n) is 1.01. The zero-order chi connectivity index (χ0) is 7.45. The van der Waals surface area contributed by atoms with Gasteiger partial charge in [0.2, 0.25) is 0 Å². The van der Waals surface area contributed by atoms with Crippen molar-refractivity contribution in [3.8, 4) is 0 Å². The Bertz CT molecular complexity index is 98.4. The molecule has 0 amide bonds. The summed E-state index contributed by atoms with van der Waals surface area (Å²) >= 11 is 0. The Morgan fingerprint density at radius 3 is 2.40 bits per heavy atom. The van der Waals surface area contributed by atoms with Crippen molar-refractivity contribution in [2.75, 3.05) is 0 Å². The molecule has 0 aliphatic carbocycles. The third-order valence-electron chi connectivity index (χ3n) is 1.60. The highest BCUT2D eigenvalue weighted by atomic mass is 28.5. The predicted molar refractivity (Wildman–Crippen MR) is 47.1 cm³/mol. The van der Waals surface area contributed by atoms with Gasteiger partial charge in [0, 0.05) is 0 Å². The first-order valence-electron chi connectivity index (χ1n) is 3.62. The summed E-state index contributed by atoms with van der Waals surface area (Å²) in [5.74, 6) is 0. The van der Waals surface area contributed by atoms with E-state index in [4.69, 9.17) is 12.3 Å². The van der Waals surface area contributed by atoms with Crippen LogP contribution < -0.4 is 0 Å². The van der Waals surface area contributed by atoms with Crippen LogP contribution in [0.2, 0.25) is 12.6 Å². The molecule has 1 aliphatic rings. The summed E-state index contributed by atoms with van der Waals surface area (Å²) in [6.45, 7) is 4.32. The molecule has 1 saturated heterocycles. The Balaban J connectivity index is 2.32. The second kappa shape index (κ2) is 3.79. The maximum atomic E-state index is 5.57. The van der Waals surface area contributed by atoms with Crippen molar-refractivity contribution in [3.63, 3.8) is 0 Å². The van der Waals surface area contributed by atoms with Gasteiger partial charge in [-0.05, 0) is 12.6 Å². The van der Waals surface area contributed by atoms with Gasteiger partial charge in [0.05, 0.1) is 0 Å². The molecule has 0 bridgehead atoms. The van der Waals surface area contributed by atoms with E-state index in [0.29, 0.717) is 0 Å². The van der Waals surface area contributed by atoms with Crippen molar-refractivity contribution in [1.82, 2.24) is 0 Å². The second-order valence-corrected chi connectivity index (χ2v) is 9.79. The minimum atomic E-state index is -1.64. The van der Waals surface area contributed by atoms with E-state index in [2.05, 4.69) is 13.5 Å². The van der Waals surface area contributed by atoms with E-state index in [-0.39, 0.29) is 0 Å². The first-order chi connectivity index (χ1) is 4.77. The van der Waals surface area contributed by atoms with Crippen LogP contribution in [-0.2, 0) is 12.3 Å². The monoisotopic (exact) mass is 194 g/mol. The maximum absolute atomic E-state index is 5.57. The zero-order valence-corrected chi connectivity index (χ0v) is 10.4.